The van der Waals surface area contributed by atoms with E-state index in [1.807, 2.05) is 4.90 Å². The number of carbonyl (C=O) groups excluding carboxylic acids is 3. The number of nitrogens with one attached hydrogen (secondary N) is 2. The van der Waals surface area contributed by atoms with Gasteiger partial charge in [-0.15, -0.1) is 12.4 Å². The minimum Gasteiger partial charge on any atom is -0.341 e. The summed E-state index contributed by atoms with van der Waals surface area (Å²) in [6, 6.07) is 0.618. The zero-order valence-corrected chi connectivity index (χ0v) is 15.3. The van der Waals surface area contributed by atoms with Gasteiger partial charge in [-0.2, -0.15) is 0 Å². The van der Waals surface area contributed by atoms with E-state index < -0.39 is 5.54 Å². The third-order valence-electron chi connectivity index (χ3n) is 6.13. The van der Waals surface area contributed by atoms with Crippen molar-refractivity contribution in [2.24, 2.45) is 0 Å². The number of hydrogen-bond acceptors (Lipinski definition) is 4. The zero-order chi connectivity index (χ0) is 16.7. The van der Waals surface area contributed by atoms with E-state index in [0.717, 1.165) is 51.6 Å². The molecule has 2 bridgehead atoms. The third kappa shape index (κ3) is 3.36. The van der Waals surface area contributed by atoms with Crippen molar-refractivity contribution in [3.8, 4) is 0 Å². The molecule has 4 fully saturated rings. The molecule has 4 aliphatic rings. The molecule has 1 spiro atoms. The van der Waals surface area contributed by atoms with E-state index >= 15 is 0 Å². The highest BCUT2D eigenvalue weighted by Crippen LogP contribution is 2.35. The second kappa shape index (κ2) is 7.11. The Morgan fingerprint density at radius 1 is 1.12 bits per heavy atom. The number of hydrogen-bond donors (Lipinski definition) is 2. The van der Waals surface area contributed by atoms with Gasteiger partial charge in [0.1, 0.15) is 5.54 Å². The summed E-state index contributed by atoms with van der Waals surface area (Å²) >= 11 is 0. The van der Waals surface area contributed by atoms with Gasteiger partial charge in [0.15, 0.2) is 0 Å². The molecule has 2 N–H and O–H groups in total. The molecule has 2 unspecified atom stereocenters. The molecular formula is C17H27ClN4O3. The molecule has 3 aliphatic heterocycles. The number of amides is 4. The Kier molecular flexibility index (Phi) is 5.25. The van der Waals surface area contributed by atoms with E-state index in [1.165, 1.54) is 11.3 Å². The van der Waals surface area contributed by atoms with Crippen LogP contribution in [0.25, 0.3) is 0 Å². The van der Waals surface area contributed by atoms with Crippen LogP contribution in [0.1, 0.15) is 51.4 Å². The van der Waals surface area contributed by atoms with Crippen LogP contribution < -0.4 is 10.6 Å². The molecule has 4 amide bonds. The molecule has 3 saturated heterocycles. The third-order valence-corrected chi connectivity index (χ3v) is 6.13. The van der Waals surface area contributed by atoms with Gasteiger partial charge >= 0.3 is 6.03 Å². The van der Waals surface area contributed by atoms with E-state index in [4.69, 9.17) is 0 Å². The van der Waals surface area contributed by atoms with Gasteiger partial charge in [-0.3, -0.25) is 14.5 Å². The Balaban J connectivity index is 0.00000182. The first-order valence-corrected chi connectivity index (χ1v) is 9.25. The predicted molar refractivity (Wildman–Crippen MR) is 94.5 cm³/mol. The maximum Gasteiger partial charge on any atom is 0.325 e. The van der Waals surface area contributed by atoms with Gasteiger partial charge in [-0.25, -0.2) is 4.79 Å². The van der Waals surface area contributed by atoms with Crippen LogP contribution in [0.2, 0.25) is 0 Å². The molecule has 1 saturated carbocycles. The van der Waals surface area contributed by atoms with Gasteiger partial charge in [0.2, 0.25) is 5.91 Å². The second-order valence-electron chi connectivity index (χ2n) is 7.69. The van der Waals surface area contributed by atoms with Crippen molar-refractivity contribution >= 4 is 30.3 Å². The monoisotopic (exact) mass is 370 g/mol. The average molecular weight is 371 g/mol. The molecule has 3 heterocycles. The van der Waals surface area contributed by atoms with Crippen LogP contribution >= 0.6 is 12.4 Å². The highest BCUT2D eigenvalue weighted by Gasteiger charge is 2.52. The smallest absolute Gasteiger partial charge is 0.325 e. The lowest BCUT2D eigenvalue weighted by molar-refractivity contribution is -0.133. The summed E-state index contributed by atoms with van der Waals surface area (Å²) in [5, 5.41) is 6.43. The second-order valence-corrected chi connectivity index (χ2v) is 7.69. The fourth-order valence-electron chi connectivity index (χ4n) is 4.73. The fraction of sp³-hybridized carbons (Fsp3) is 0.824. The fourth-order valence-corrected chi connectivity index (χ4v) is 4.73. The van der Waals surface area contributed by atoms with E-state index in [0.29, 0.717) is 12.1 Å². The summed E-state index contributed by atoms with van der Waals surface area (Å²) in [6.45, 7) is 1.72. The van der Waals surface area contributed by atoms with Gasteiger partial charge in [0.05, 0.1) is 0 Å². The van der Waals surface area contributed by atoms with Crippen LogP contribution in [0.15, 0.2) is 0 Å². The van der Waals surface area contributed by atoms with Crippen LogP contribution in [0.5, 0.6) is 0 Å². The highest BCUT2D eigenvalue weighted by atomic mass is 35.5. The average Bonchev–Trinajstić information content (AvgIpc) is 3.19. The standard InChI is InChI=1S/C17H26N4O3.ClH/c22-14(20-9-5-12-3-4-13(11-20)18-12)6-10-21-15(23)17(19-16(21)24)7-1-2-8-17;/h12-13,18H,1-11H2,(H,19,24);1H. The Labute approximate surface area is 154 Å². The Hall–Kier alpha value is -1.34. The number of likely N-dealkylation sites (tertiary alicyclic amines) is 1. The van der Waals surface area contributed by atoms with Crippen molar-refractivity contribution in [3.63, 3.8) is 0 Å². The van der Waals surface area contributed by atoms with Gasteiger partial charge in [0.25, 0.3) is 5.91 Å². The molecule has 0 aromatic carbocycles. The van der Waals surface area contributed by atoms with Gasteiger partial charge in [-0.1, -0.05) is 12.8 Å². The number of nitrogens with zero attached hydrogens (tertiary/aromatic N) is 2. The first-order valence-electron chi connectivity index (χ1n) is 9.25. The van der Waals surface area contributed by atoms with E-state index in [2.05, 4.69) is 10.6 Å². The topological polar surface area (TPSA) is 81.8 Å². The van der Waals surface area contributed by atoms with Crippen molar-refractivity contribution in [1.82, 2.24) is 20.4 Å². The molecule has 25 heavy (non-hydrogen) atoms. The summed E-state index contributed by atoms with van der Waals surface area (Å²) in [6.07, 6.45) is 6.96. The molecule has 1 aliphatic carbocycles. The minimum atomic E-state index is -0.675. The molecule has 7 nitrogen and oxygen atoms in total. The number of halogens is 1. The quantitative estimate of drug-likeness (QED) is 0.727. The van der Waals surface area contributed by atoms with Crippen molar-refractivity contribution in [1.29, 1.82) is 0 Å². The number of urea groups is 1. The summed E-state index contributed by atoms with van der Waals surface area (Å²) in [7, 11) is 0. The largest absolute Gasteiger partial charge is 0.341 e. The van der Waals surface area contributed by atoms with Gasteiger partial charge in [0, 0.05) is 38.1 Å². The lowest BCUT2D eigenvalue weighted by Crippen LogP contribution is -2.44. The van der Waals surface area contributed by atoms with Gasteiger partial charge in [-0.05, 0) is 32.1 Å². The Morgan fingerprint density at radius 3 is 2.60 bits per heavy atom. The highest BCUT2D eigenvalue weighted by molar-refractivity contribution is 6.07. The first-order chi connectivity index (χ1) is 11.6. The predicted octanol–water partition coefficient (Wildman–Crippen LogP) is 1.02. The Morgan fingerprint density at radius 2 is 1.84 bits per heavy atom. The van der Waals surface area contributed by atoms with Crippen LogP contribution in [-0.2, 0) is 9.59 Å². The SMILES string of the molecule is Cl.O=C(CCN1C(=O)NC2(CCCC2)C1=O)N1CCC2CCC(C1)N2. The first kappa shape index (κ1) is 18.5. The van der Waals surface area contributed by atoms with Crippen molar-refractivity contribution in [2.45, 2.75) is 69.0 Å². The molecule has 0 aromatic rings. The van der Waals surface area contributed by atoms with E-state index in [-0.39, 0.29) is 43.2 Å². The normalized spacial score (nSPS) is 30.4. The molecule has 2 atom stereocenters. The number of imide groups is 1. The molecule has 140 valence electrons. The van der Waals surface area contributed by atoms with Crippen LogP contribution in [0.4, 0.5) is 4.79 Å². The lowest BCUT2D eigenvalue weighted by Gasteiger charge is -2.25. The maximum atomic E-state index is 12.6. The number of fused-ring (bicyclic) bond motifs is 2. The summed E-state index contributed by atoms with van der Waals surface area (Å²) < 4.78 is 0. The lowest BCUT2D eigenvalue weighted by atomic mass is 9.98. The molecular weight excluding hydrogens is 344 g/mol. The van der Waals surface area contributed by atoms with E-state index in [9.17, 15) is 14.4 Å². The van der Waals surface area contributed by atoms with Crippen LogP contribution in [0.3, 0.4) is 0 Å². The number of rotatable bonds is 3. The summed E-state index contributed by atoms with van der Waals surface area (Å²) in [4.78, 5) is 40.4. The van der Waals surface area contributed by atoms with Crippen LogP contribution in [0, 0.1) is 0 Å². The minimum absolute atomic E-state index is 0. The molecule has 0 radical (unpaired) electrons. The molecule has 4 rings (SSSR count). The van der Waals surface area contributed by atoms with Crippen molar-refractivity contribution < 1.29 is 14.4 Å². The van der Waals surface area contributed by atoms with Crippen LogP contribution in [-0.4, -0.2) is 64.9 Å². The zero-order valence-electron chi connectivity index (χ0n) is 14.5. The number of carbonyl (C=O) groups is 3. The maximum absolute atomic E-state index is 12.6. The Bertz CT molecular complexity index is 564. The summed E-state index contributed by atoms with van der Waals surface area (Å²) in [5.74, 6) is -0.0771. The molecule has 8 heteroatoms. The molecule has 0 aromatic heterocycles. The van der Waals surface area contributed by atoms with Crippen molar-refractivity contribution in [2.75, 3.05) is 19.6 Å². The summed E-state index contributed by atoms with van der Waals surface area (Å²) in [5.41, 5.74) is -0.675. The van der Waals surface area contributed by atoms with Crippen molar-refractivity contribution in [3.05, 3.63) is 0 Å². The van der Waals surface area contributed by atoms with E-state index in [1.54, 1.807) is 0 Å². The van der Waals surface area contributed by atoms with Gasteiger partial charge < -0.3 is 15.5 Å².